The van der Waals surface area contributed by atoms with Crippen LogP contribution in [0.15, 0.2) is 0 Å². The number of ether oxygens (including phenoxy) is 1. The summed E-state index contributed by atoms with van der Waals surface area (Å²) in [7, 11) is 0. The maximum atomic E-state index is 11.0. The average molecular weight is 227 g/mol. The van der Waals surface area contributed by atoms with Crippen LogP contribution in [0.2, 0.25) is 0 Å². The molecular formula is C9H16Cl2O2. The molecule has 0 aliphatic heterocycles. The molecule has 4 heteroatoms. The quantitative estimate of drug-likeness (QED) is 0.514. The number of halogens is 2. The van der Waals surface area contributed by atoms with Crippen LogP contribution in [0.4, 0.5) is 0 Å². The van der Waals surface area contributed by atoms with Gasteiger partial charge in [0.1, 0.15) is 6.10 Å². The molecule has 0 spiro atoms. The molecule has 0 aromatic carbocycles. The van der Waals surface area contributed by atoms with E-state index in [2.05, 4.69) is 13.8 Å². The lowest BCUT2D eigenvalue weighted by molar-refractivity contribution is -0.147. The van der Waals surface area contributed by atoms with Crippen molar-refractivity contribution in [1.82, 2.24) is 0 Å². The van der Waals surface area contributed by atoms with Crippen molar-refractivity contribution in [3.05, 3.63) is 0 Å². The van der Waals surface area contributed by atoms with Gasteiger partial charge >= 0.3 is 5.97 Å². The fourth-order valence-corrected chi connectivity index (χ4v) is 1.22. The van der Waals surface area contributed by atoms with Gasteiger partial charge in [0.05, 0.1) is 0 Å². The van der Waals surface area contributed by atoms with E-state index in [-0.39, 0.29) is 6.10 Å². The molecule has 0 aromatic rings. The van der Waals surface area contributed by atoms with Crippen LogP contribution in [0.5, 0.6) is 0 Å². The lowest BCUT2D eigenvalue weighted by atomic mass is 10.1. The van der Waals surface area contributed by atoms with Crippen molar-refractivity contribution in [2.45, 2.75) is 50.5 Å². The minimum Gasteiger partial charge on any atom is -0.460 e. The first-order valence-corrected chi connectivity index (χ1v) is 5.47. The summed E-state index contributed by atoms with van der Waals surface area (Å²) in [4.78, 5) is 9.96. The summed E-state index contributed by atoms with van der Waals surface area (Å²) in [5, 5.41) is 0. The molecule has 0 N–H and O–H groups in total. The lowest BCUT2D eigenvalue weighted by Crippen LogP contribution is -2.21. The maximum absolute atomic E-state index is 11.0. The van der Waals surface area contributed by atoms with Crippen molar-refractivity contribution in [3.63, 3.8) is 0 Å². The number of hydrogen-bond acceptors (Lipinski definition) is 2. The first kappa shape index (κ1) is 13.1. The van der Waals surface area contributed by atoms with Gasteiger partial charge in [-0.1, -0.05) is 49.9 Å². The maximum Gasteiger partial charge on any atom is 0.339 e. The Balaban J connectivity index is 3.86. The van der Waals surface area contributed by atoms with Crippen LogP contribution in [0.3, 0.4) is 0 Å². The number of hydrogen-bond donors (Lipinski definition) is 0. The van der Waals surface area contributed by atoms with Gasteiger partial charge in [0.25, 0.3) is 0 Å². The number of carbonyl (C=O) groups is 1. The van der Waals surface area contributed by atoms with Crippen molar-refractivity contribution >= 4 is 29.2 Å². The minimum atomic E-state index is -1.06. The molecule has 0 rings (SSSR count). The van der Waals surface area contributed by atoms with Crippen molar-refractivity contribution in [1.29, 1.82) is 0 Å². The van der Waals surface area contributed by atoms with Crippen LogP contribution in [0, 0.1) is 0 Å². The van der Waals surface area contributed by atoms with E-state index in [9.17, 15) is 4.79 Å². The van der Waals surface area contributed by atoms with Crippen LogP contribution < -0.4 is 0 Å². The van der Waals surface area contributed by atoms with E-state index in [0.29, 0.717) is 0 Å². The highest BCUT2D eigenvalue weighted by molar-refractivity contribution is 6.52. The van der Waals surface area contributed by atoms with E-state index in [0.717, 1.165) is 25.7 Å². The van der Waals surface area contributed by atoms with Crippen LogP contribution in [-0.4, -0.2) is 16.9 Å². The van der Waals surface area contributed by atoms with Gasteiger partial charge in [-0.25, -0.2) is 4.79 Å². The van der Waals surface area contributed by atoms with Gasteiger partial charge in [0.15, 0.2) is 0 Å². The molecule has 0 atom stereocenters. The zero-order valence-corrected chi connectivity index (χ0v) is 9.57. The van der Waals surface area contributed by atoms with Crippen molar-refractivity contribution < 1.29 is 9.53 Å². The smallest absolute Gasteiger partial charge is 0.339 e. The second kappa shape index (κ2) is 7.45. The summed E-state index contributed by atoms with van der Waals surface area (Å²) in [5.74, 6) is -0.532. The molecule has 0 aliphatic rings. The third kappa shape index (κ3) is 6.17. The molecule has 0 unspecified atom stereocenters. The van der Waals surface area contributed by atoms with E-state index >= 15 is 0 Å². The molecule has 2 nitrogen and oxygen atoms in total. The van der Waals surface area contributed by atoms with Gasteiger partial charge in [0, 0.05) is 0 Å². The summed E-state index contributed by atoms with van der Waals surface area (Å²) in [6.45, 7) is 4.10. The van der Waals surface area contributed by atoms with Crippen LogP contribution >= 0.6 is 23.2 Å². The molecule has 0 saturated heterocycles. The van der Waals surface area contributed by atoms with Gasteiger partial charge < -0.3 is 4.74 Å². The second-order valence-corrected chi connectivity index (χ2v) is 4.03. The zero-order valence-electron chi connectivity index (χ0n) is 8.06. The molecular weight excluding hydrogens is 211 g/mol. The molecule has 78 valence electrons. The summed E-state index contributed by atoms with van der Waals surface area (Å²) in [6, 6.07) is 0. The fourth-order valence-electron chi connectivity index (χ4n) is 1.12. The Bertz CT molecular complexity index is 143. The SMILES string of the molecule is CCCC(CCC)OC(=O)C(Cl)Cl. The van der Waals surface area contributed by atoms with Crippen LogP contribution in [0.1, 0.15) is 39.5 Å². The summed E-state index contributed by atoms with van der Waals surface area (Å²) < 4.78 is 5.09. The predicted octanol–water partition coefficient (Wildman–Crippen LogP) is 3.30. The largest absolute Gasteiger partial charge is 0.460 e. The van der Waals surface area contributed by atoms with Crippen molar-refractivity contribution in [2.75, 3.05) is 0 Å². The van der Waals surface area contributed by atoms with E-state index in [1.54, 1.807) is 0 Å². The van der Waals surface area contributed by atoms with Gasteiger partial charge in [-0.3, -0.25) is 0 Å². The highest BCUT2D eigenvalue weighted by Crippen LogP contribution is 2.13. The molecule has 0 amide bonds. The highest BCUT2D eigenvalue weighted by Gasteiger charge is 2.18. The highest BCUT2D eigenvalue weighted by atomic mass is 35.5. The second-order valence-electron chi connectivity index (χ2n) is 2.94. The van der Waals surface area contributed by atoms with Crippen LogP contribution in [-0.2, 0) is 9.53 Å². The molecule has 0 heterocycles. The molecule has 0 aromatic heterocycles. The lowest BCUT2D eigenvalue weighted by Gasteiger charge is -2.16. The molecule has 0 saturated carbocycles. The normalized spacial score (nSPS) is 10.9. The number of carbonyl (C=O) groups excluding carboxylic acids is 1. The molecule has 0 radical (unpaired) electrons. The Hall–Kier alpha value is 0.0500. The molecule has 13 heavy (non-hydrogen) atoms. The zero-order chi connectivity index (χ0) is 10.3. The number of rotatable bonds is 6. The third-order valence-corrected chi connectivity index (χ3v) is 2.04. The predicted molar refractivity (Wildman–Crippen MR) is 55.2 cm³/mol. The average Bonchev–Trinajstić information content (AvgIpc) is 2.05. The van der Waals surface area contributed by atoms with E-state index in [4.69, 9.17) is 27.9 Å². The minimum absolute atomic E-state index is 0.0255. The summed E-state index contributed by atoms with van der Waals surface area (Å²) in [6.07, 6.45) is 3.71. The number of alkyl halides is 2. The Morgan fingerprint density at radius 2 is 1.69 bits per heavy atom. The first-order chi connectivity index (χ1) is 6.11. The monoisotopic (exact) mass is 226 g/mol. The number of esters is 1. The standard InChI is InChI=1S/C9H16Cl2O2/c1-3-5-7(6-4-2)13-9(12)8(10)11/h7-8H,3-6H2,1-2H3. The Labute approximate surface area is 89.5 Å². The fraction of sp³-hybridized carbons (Fsp3) is 0.889. The van der Waals surface area contributed by atoms with Gasteiger partial charge in [-0.05, 0) is 12.8 Å². The van der Waals surface area contributed by atoms with E-state index in [1.165, 1.54) is 0 Å². The topological polar surface area (TPSA) is 26.3 Å². The van der Waals surface area contributed by atoms with Gasteiger partial charge in [-0.2, -0.15) is 0 Å². The Morgan fingerprint density at radius 1 is 1.23 bits per heavy atom. The summed E-state index contributed by atoms with van der Waals surface area (Å²) in [5.41, 5.74) is 0. The molecule has 0 aliphatic carbocycles. The molecule has 0 bridgehead atoms. The Kier molecular flexibility index (Phi) is 7.48. The summed E-state index contributed by atoms with van der Waals surface area (Å²) >= 11 is 10.7. The van der Waals surface area contributed by atoms with E-state index < -0.39 is 10.8 Å². The van der Waals surface area contributed by atoms with E-state index in [1.807, 2.05) is 0 Å². The third-order valence-electron chi connectivity index (χ3n) is 1.68. The van der Waals surface area contributed by atoms with Crippen LogP contribution in [0.25, 0.3) is 0 Å². The first-order valence-electron chi connectivity index (χ1n) is 4.60. The van der Waals surface area contributed by atoms with Crippen molar-refractivity contribution in [3.8, 4) is 0 Å². The van der Waals surface area contributed by atoms with Gasteiger partial charge in [-0.15, -0.1) is 0 Å². The Morgan fingerprint density at radius 3 is 2.00 bits per heavy atom. The molecule has 0 fully saturated rings. The van der Waals surface area contributed by atoms with Crippen molar-refractivity contribution in [2.24, 2.45) is 0 Å². The van der Waals surface area contributed by atoms with Gasteiger partial charge in [0.2, 0.25) is 4.84 Å².